The Morgan fingerprint density at radius 2 is 1.85 bits per heavy atom. The van der Waals surface area contributed by atoms with Crippen LogP contribution in [0.1, 0.15) is 43.5 Å². The second kappa shape index (κ2) is 9.49. The summed E-state index contributed by atoms with van der Waals surface area (Å²) in [6.45, 7) is 8.70. The normalized spacial score (nSPS) is 16.3. The molecular formula is C25H26N4O2S2. The van der Waals surface area contributed by atoms with Crippen molar-refractivity contribution in [1.29, 1.82) is 0 Å². The maximum absolute atomic E-state index is 13.4. The first kappa shape index (κ1) is 23.2. The molecule has 1 N–H and O–H groups in total. The van der Waals surface area contributed by atoms with Crippen LogP contribution in [0.25, 0.3) is 11.7 Å². The largest absolute Gasteiger partial charge is 0.369 e. The summed E-state index contributed by atoms with van der Waals surface area (Å²) in [5.41, 5.74) is 2.62. The number of aryl methyl sites for hydroxylation is 1. The van der Waals surface area contributed by atoms with Crippen molar-refractivity contribution in [2.24, 2.45) is 5.92 Å². The quantitative estimate of drug-likeness (QED) is 0.396. The van der Waals surface area contributed by atoms with Gasteiger partial charge in [-0.1, -0.05) is 74.2 Å². The molecular weight excluding hydrogens is 452 g/mol. The van der Waals surface area contributed by atoms with Crippen molar-refractivity contribution in [3.63, 3.8) is 0 Å². The van der Waals surface area contributed by atoms with E-state index in [1.807, 2.05) is 56.3 Å². The van der Waals surface area contributed by atoms with Gasteiger partial charge in [0, 0.05) is 12.7 Å². The van der Waals surface area contributed by atoms with E-state index < -0.39 is 0 Å². The van der Waals surface area contributed by atoms with E-state index >= 15 is 0 Å². The highest BCUT2D eigenvalue weighted by molar-refractivity contribution is 8.26. The molecule has 3 heterocycles. The lowest BCUT2D eigenvalue weighted by molar-refractivity contribution is -0.123. The summed E-state index contributed by atoms with van der Waals surface area (Å²) in [7, 11) is 0. The van der Waals surface area contributed by atoms with Crippen LogP contribution < -0.4 is 10.9 Å². The third kappa shape index (κ3) is 4.58. The molecule has 1 saturated heterocycles. The number of carbonyl (C=O) groups excluding carboxylic acids is 1. The number of thiocarbonyl (C=S) groups is 1. The fourth-order valence-corrected chi connectivity index (χ4v) is 5.10. The maximum Gasteiger partial charge on any atom is 0.267 e. The van der Waals surface area contributed by atoms with Crippen LogP contribution in [0.3, 0.4) is 0 Å². The third-order valence-corrected chi connectivity index (χ3v) is 6.86. The number of thioether (sulfide) groups is 1. The first-order chi connectivity index (χ1) is 15.8. The van der Waals surface area contributed by atoms with Gasteiger partial charge >= 0.3 is 0 Å². The van der Waals surface area contributed by atoms with Crippen LogP contribution in [-0.2, 0) is 4.79 Å². The SMILES string of the molecule is Cc1cccn2c(=O)c(/C=C3\SC(=S)N(C(C)c4ccccc4)C3=O)c(NCC(C)C)nc12. The number of nitrogens with one attached hydrogen (secondary N) is 1. The van der Waals surface area contributed by atoms with Crippen LogP contribution in [0.4, 0.5) is 5.82 Å². The van der Waals surface area contributed by atoms with Crippen molar-refractivity contribution in [2.75, 3.05) is 11.9 Å². The summed E-state index contributed by atoms with van der Waals surface area (Å²) in [5, 5.41) is 3.30. The molecule has 0 saturated carbocycles. The van der Waals surface area contributed by atoms with Gasteiger partial charge in [0.05, 0.1) is 16.5 Å². The fourth-order valence-electron chi connectivity index (χ4n) is 3.70. The van der Waals surface area contributed by atoms with Crippen LogP contribution in [0, 0.1) is 12.8 Å². The van der Waals surface area contributed by atoms with Crippen molar-refractivity contribution in [3.8, 4) is 0 Å². The van der Waals surface area contributed by atoms with Crippen molar-refractivity contribution >= 4 is 51.7 Å². The molecule has 1 atom stereocenters. The zero-order valence-corrected chi connectivity index (χ0v) is 20.7. The highest BCUT2D eigenvalue weighted by atomic mass is 32.2. The van der Waals surface area contributed by atoms with Crippen molar-refractivity contribution in [3.05, 3.63) is 80.6 Å². The van der Waals surface area contributed by atoms with Gasteiger partial charge in [-0.2, -0.15) is 0 Å². The Kier molecular flexibility index (Phi) is 6.67. The van der Waals surface area contributed by atoms with Gasteiger partial charge in [0.15, 0.2) is 0 Å². The van der Waals surface area contributed by atoms with Crippen molar-refractivity contribution in [2.45, 2.75) is 33.7 Å². The number of nitrogens with zero attached hydrogens (tertiary/aromatic N) is 3. The Bertz CT molecular complexity index is 1320. The minimum atomic E-state index is -0.226. The van der Waals surface area contributed by atoms with E-state index in [0.717, 1.165) is 11.1 Å². The van der Waals surface area contributed by atoms with Gasteiger partial charge in [-0.05, 0) is 43.0 Å². The van der Waals surface area contributed by atoms with Gasteiger partial charge in [0.2, 0.25) is 0 Å². The predicted molar refractivity (Wildman–Crippen MR) is 139 cm³/mol. The zero-order valence-electron chi connectivity index (χ0n) is 19.0. The Labute approximate surface area is 202 Å². The molecule has 1 aliphatic rings. The molecule has 170 valence electrons. The second-order valence-electron chi connectivity index (χ2n) is 8.48. The molecule has 0 aliphatic carbocycles. The number of pyridine rings is 1. The first-order valence-corrected chi connectivity index (χ1v) is 12.1. The molecule has 4 rings (SSSR count). The highest BCUT2D eigenvalue weighted by Crippen LogP contribution is 2.38. The number of rotatable bonds is 6. The summed E-state index contributed by atoms with van der Waals surface area (Å²) < 4.78 is 2.00. The number of hydrogen-bond acceptors (Lipinski definition) is 6. The van der Waals surface area contributed by atoms with E-state index in [1.54, 1.807) is 17.2 Å². The minimum Gasteiger partial charge on any atom is -0.369 e. The Morgan fingerprint density at radius 1 is 1.12 bits per heavy atom. The summed E-state index contributed by atoms with van der Waals surface area (Å²) in [6, 6.07) is 13.3. The molecule has 0 spiro atoms. The monoisotopic (exact) mass is 478 g/mol. The lowest BCUT2D eigenvalue weighted by Gasteiger charge is -2.23. The van der Waals surface area contributed by atoms with E-state index in [4.69, 9.17) is 17.2 Å². The smallest absolute Gasteiger partial charge is 0.267 e. The molecule has 33 heavy (non-hydrogen) atoms. The van der Waals surface area contributed by atoms with Gasteiger partial charge in [-0.3, -0.25) is 18.9 Å². The number of fused-ring (bicyclic) bond motifs is 1. The second-order valence-corrected chi connectivity index (χ2v) is 10.2. The molecule has 0 bridgehead atoms. The number of aromatic nitrogens is 2. The number of amides is 1. The number of anilines is 1. The molecule has 1 fully saturated rings. The molecule has 2 aromatic heterocycles. The number of carbonyl (C=O) groups is 1. The Balaban J connectivity index is 1.78. The molecule has 1 unspecified atom stereocenters. The number of benzene rings is 1. The van der Waals surface area contributed by atoms with Crippen LogP contribution in [0.2, 0.25) is 0 Å². The van der Waals surface area contributed by atoms with Gasteiger partial charge in [0.25, 0.3) is 11.5 Å². The van der Waals surface area contributed by atoms with E-state index in [1.165, 1.54) is 16.2 Å². The van der Waals surface area contributed by atoms with Crippen molar-refractivity contribution < 1.29 is 4.79 Å². The summed E-state index contributed by atoms with van der Waals surface area (Å²) >= 11 is 6.76. The highest BCUT2D eigenvalue weighted by Gasteiger charge is 2.36. The van der Waals surface area contributed by atoms with Gasteiger partial charge in [0.1, 0.15) is 15.8 Å². The van der Waals surface area contributed by atoms with Crippen LogP contribution in [0.5, 0.6) is 0 Å². The molecule has 1 aromatic carbocycles. The van der Waals surface area contributed by atoms with Gasteiger partial charge in [-0.15, -0.1) is 0 Å². The fraction of sp³-hybridized carbons (Fsp3) is 0.280. The summed E-state index contributed by atoms with van der Waals surface area (Å²) in [6.07, 6.45) is 3.33. The van der Waals surface area contributed by atoms with Gasteiger partial charge < -0.3 is 5.32 Å². The van der Waals surface area contributed by atoms with Crippen molar-refractivity contribution in [1.82, 2.24) is 14.3 Å². The lowest BCUT2D eigenvalue weighted by atomic mass is 10.1. The number of hydrogen-bond donors (Lipinski definition) is 1. The zero-order chi connectivity index (χ0) is 23.7. The lowest BCUT2D eigenvalue weighted by Crippen LogP contribution is -2.31. The van der Waals surface area contributed by atoms with E-state index in [-0.39, 0.29) is 17.5 Å². The van der Waals surface area contributed by atoms with Gasteiger partial charge in [-0.25, -0.2) is 4.98 Å². The molecule has 0 radical (unpaired) electrons. The molecule has 6 nitrogen and oxygen atoms in total. The molecule has 1 amide bonds. The van der Waals surface area contributed by atoms with E-state index in [9.17, 15) is 9.59 Å². The predicted octanol–water partition coefficient (Wildman–Crippen LogP) is 5.03. The minimum absolute atomic E-state index is 0.204. The molecule has 3 aromatic rings. The summed E-state index contributed by atoms with van der Waals surface area (Å²) in [5.74, 6) is 0.634. The molecule has 8 heteroatoms. The van der Waals surface area contributed by atoms with Crippen LogP contribution in [-0.4, -0.2) is 31.1 Å². The average molecular weight is 479 g/mol. The third-order valence-electron chi connectivity index (χ3n) is 5.53. The van der Waals surface area contributed by atoms with Crippen LogP contribution in [0.15, 0.2) is 58.4 Å². The molecule has 1 aliphatic heterocycles. The van der Waals surface area contributed by atoms with E-state index in [2.05, 4.69) is 19.2 Å². The summed E-state index contributed by atoms with van der Waals surface area (Å²) in [4.78, 5) is 33.5. The maximum atomic E-state index is 13.4. The van der Waals surface area contributed by atoms with Crippen LogP contribution >= 0.6 is 24.0 Å². The Hall–Kier alpha value is -2.97. The van der Waals surface area contributed by atoms with E-state index in [0.29, 0.717) is 38.7 Å². The Morgan fingerprint density at radius 3 is 2.55 bits per heavy atom. The topological polar surface area (TPSA) is 66.7 Å². The first-order valence-electron chi connectivity index (χ1n) is 10.9. The standard InChI is InChI=1S/C25H26N4O2S2/c1-15(2)14-26-21-19(23(30)28-12-8-9-16(3)22(28)27-21)13-20-24(31)29(25(32)33-20)17(4)18-10-6-5-7-11-18/h5-13,15,17,26H,14H2,1-4H3/b20-13-. The average Bonchev–Trinajstić information content (AvgIpc) is 3.07.